The molecular weight excluding hydrogens is 242 g/mol. The molecule has 1 amide bonds. The van der Waals surface area contributed by atoms with Crippen LogP contribution in [0.4, 0.5) is 5.69 Å². The minimum atomic E-state index is -0.101. The highest BCUT2D eigenvalue weighted by atomic mass is 16.3. The summed E-state index contributed by atoms with van der Waals surface area (Å²) in [5, 5.41) is 5.98. The molecule has 2 rings (SSSR count). The molecule has 2 N–H and O–H groups in total. The fourth-order valence-electron chi connectivity index (χ4n) is 1.60. The van der Waals surface area contributed by atoms with Crippen molar-refractivity contribution in [3.63, 3.8) is 0 Å². The fourth-order valence-corrected chi connectivity index (χ4v) is 1.60. The Morgan fingerprint density at radius 1 is 1.42 bits per heavy atom. The lowest BCUT2D eigenvalue weighted by atomic mass is 10.2. The second-order valence-electron chi connectivity index (χ2n) is 4.15. The van der Waals surface area contributed by atoms with Crippen LogP contribution >= 0.6 is 0 Å². The highest BCUT2D eigenvalue weighted by Gasteiger charge is 2.06. The molecule has 0 saturated carbocycles. The first-order valence-electron chi connectivity index (χ1n) is 6.29. The predicted octanol–water partition coefficient (Wildman–Crippen LogP) is 2.43. The molecule has 0 aliphatic carbocycles. The fraction of sp³-hybridized carbons (Fsp3) is 0.286. The minimum Gasteiger partial charge on any atom is -0.467 e. The number of carbonyl (C=O) groups excluding carboxylic acids is 1. The molecule has 0 radical (unpaired) electrons. The summed E-state index contributed by atoms with van der Waals surface area (Å²) in [5.41, 5.74) is 1.35. The van der Waals surface area contributed by atoms with Gasteiger partial charge in [0.25, 0.3) is 5.91 Å². The Balaban J connectivity index is 1.96. The number of nitrogens with zero attached hydrogens (tertiary/aromatic N) is 1. The number of anilines is 1. The van der Waals surface area contributed by atoms with Crippen molar-refractivity contribution in [2.75, 3.05) is 11.9 Å². The average Bonchev–Trinajstić information content (AvgIpc) is 2.96. The Morgan fingerprint density at radius 3 is 3.05 bits per heavy atom. The van der Waals surface area contributed by atoms with Gasteiger partial charge in [0.1, 0.15) is 5.76 Å². The van der Waals surface area contributed by atoms with Crippen molar-refractivity contribution in [3.05, 3.63) is 48.2 Å². The topological polar surface area (TPSA) is 67.2 Å². The van der Waals surface area contributed by atoms with Gasteiger partial charge in [-0.3, -0.25) is 9.78 Å². The molecular formula is C14H17N3O2. The summed E-state index contributed by atoms with van der Waals surface area (Å²) < 4.78 is 5.22. The van der Waals surface area contributed by atoms with Gasteiger partial charge >= 0.3 is 0 Å². The first-order valence-corrected chi connectivity index (χ1v) is 6.29. The normalized spacial score (nSPS) is 10.2. The first kappa shape index (κ1) is 13.1. The highest BCUT2D eigenvalue weighted by Crippen LogP contribution is 2.10. The van der Waals surface area contributed by atoms with Crippen LogP contribution in [0.25, 0.3) is 0 Å². The zero-order chi connectivity index (χ0) is 13.5. The van der Waals surface area contributed by atoms with E-state index < -0.39 is 0 Å². The third-order valence-corrected chi connectivity index (χ3v) is 2.58. The molecule has 0 spiro atoms. The predicted molar refractivity (Wildman–Crippen MR) is 72.9 cm³/mol. The summed E-state index contributed by atoms with van der Waals surface area (Å²) in [6.07, 6.45) is 5.78. The van der Waals surface area contributed by atoms with E-state index in [2.05, 4.69) is 15.6 Å². The van der Waals surface area contributed by atoms with E-state index in [-0.39, 0.29) is 5.91 Å². The second-order valence-corrected chi connectivity index (χ2v) is 4.15. The molecule has 0 aliphatic rings. The molecule has 2 heterocycles. The Hall–Kier alpha value is -2.30. The Kier molecular flexibility index (Phi) is 4.55. The van der Waals surface area contributed by atoms with Gasteiger partial charge in [0.15, 0.2) is 0 Å². The molecule has 0 bridgehead atoms. The molecule has 5 heteroatoms. The average molecular weight is 259 g/mol. The van der Waals surface area contributed by atoms with E-state index in [1.165, 1.54) is 0 Å². The molecule has 5 nitrogen and oxygen atoms in total. The molecule has 0 fully saturated rings. The van der Waals surface area contributed by atoms with Crippen molar-refractivity contribution < 1.29 is 9.21 Å². The largest absolute Gasteiger partial charge is 0.467 e. The van der Waals surface area contributed by atoms with Crippen molar-refractivity contribution >= 4 is 11.6 Å². The second kappa shape index (κ2) is 6.58. The lowest BCUT2D eigenvalue weighted by Crippen LogP contribution is -2.24. The van der Waals surface area contributed by atoms with E-state index in [1.54, 1.807) is 24.7 Å². The van der Waals surface area contributed by atoms with Gasteiger partial charge in [0, 0.05) is 18.9 Å². The summed E-state index contributed by atoms with van der Waals surface area (Å²) >= 11 is 0. The van der Waals surface area contributed by atoms with Gasteiger partial charge in [-0.15, -0.1) is 0 Å². The summed E-state index contributed by atoms with van der Waals surface area (Å²) in [6.45, 7) is 3.25. The summed E-state index contributed by atoms with van der Waals surface area (Å²) in [6, 6.07) is 5.50. The zero-order valence-electron chi connectivity index (χ0n) is 10.8. The van der Waals surface area contributed by atoms with Gasteiger partial charge in [-0.25, -0.2) is 0 Å². The lowest BCUT2D eigenvalue weighted by Gasteiger charge is -2.07. The van der Waals surface area contributed by atoms with Crippen molar-refractivity contribution in [1.29, 1.82) is 0 Å². The van der Waals surface area contributed by atoms with Crippen LogP contribution in [0.1, 0.15) is 29.5 Å². The number of carbonyl (C=O) groups is 1. The highest BCUT2D eigenvalue weighted by molar-refractivity contribution is 5.94. The van der Waals surface area contributed by atoms with Crippen molar-refractivity contribution in [3.8, 4) is 0 Å². The molecule has 0 unspecified atom stereocenters. The molecule has 19 heavy (non-hydrogen) atoms. The van der Waals surface area contributed by atoms with E-state index in [0.717, 1.165) is 17.9 Å². The van der Waals surface area contributed by atoms with Gasteiger partial charge in [-0.1, -0.05) is 6.92 Å². The molecule has 0 aliphatic heterocycles. The van der Waals surface area contributed by atoms with Crippen LogP contribution < -0.4 is 10.6 Å². The van der Waals surface area contributed by atoms with Crippen LogP contribution in [-0.4, -0.2) is 17.4 Å². The quantitative estimate of drug-likeness (QED) is 0.836. The maximum absolute atomic E-state index is 11.8. The maximum atomic E-state index is 11.8. The third kappa shape index (κ3) is 3.84. The van der Waals surface area contributed by atoms with Crippen LogP contribution in [0.15, 0.2) is 41.3 Å². The standard InChI is InChI=1S/C14H17N3O2/c1-2-5-16-14(18)11-7-12(9-15-8-11)17-10-13-4-3-6-19-13/h3-4,6-9,17H,2,5,10H2,1H3,(H,16,18). The molecule has 0 aromatic carbocycles. The SMILES string of the molecule is CCCNC(=O)c1cncc(NCc2ccco2)c1. The van der Waals surface area contributed by atoms with Gasteiger partial charge in [-0.2, -0.15) is 0 Å². The van der Waals surface area contributed by atoms with Crippen molar-refractivity contribution in [2.45, 2.75) is 19.9 Å². The summed E-state index contributed by atoms with van der Waals surface area (Å²) in [5.74, 6) is 0.733. The van der Waals surface area contributed by atoms with Crippen LogP contribution in [0, 0.1) is 0 Å². The van der Waals surface area contributed by atoms with Gasteiger partial charge < -0.3 is 15.1 Å². The number of rotatable bonds is 6. The van der Waals surface area contributed by atoms with Crippen LogP contribution in [0.2, 0.25) is 0 Å². The van der Waals surface area contributed by atoms with E-state index in [1.807, 2.05) is 19.1 Å². The Bertz CT molecular complexity index is 523. The van der Waals surface area contributed by atoms with E-state index in [9.17, 15) is 4.79 Å². The first-order chi connectivity index (χ1) is 9.29. The Labute approximate surface area is 112 Å². The summed E-state index contributed by atoms with van der Waals surface area (Å²) in [7, 11) is 0. The smallest absolute Gasteiger partial charge is 0.252 e. The van der Waals surface area contributed by atoms with Crippen LogP contribution in [0.3, 0.4) is 0 Å². The van der Waals surface area contributed by atoms with Gasteiger partial charge in [-0.05, 0) is 24.6 Å². The number of aromatic nitrogens is 1. The van der Waals surface area contributed by atoms with Crippen molar-refractivity contribution in [1.82, 2.24) is 10.3 Å². The Morgan fingerprint density at radius 2 is 2.32 bits per heavy atom. The molecule has 0 saturated heterocycles. The number of furan rings is 1. The van der Waals surface area contributed by atoms with Gasteiger partial charge in [0.05, 0.1) is 24.1 Å². The van der Waals surface area contributed by atoms with Crippen molar-refractivity contribution in [2.24, 2.45) is 0 Å². The molecule has 0 atom stereocenters. The minimum absolute atomic E-state index is 0.101. The number of nitrogens with one attached hydrogen (secondary N) is 2. The number of pyridine rings is 1. The maximum Gasteiger partial charge on any atom is 0.252 e. The monoisotopic (exact) mass is 259 g/mol. The van der Waals surface area contributed by atoms with Crippen LogP contribution in [-0.2, 0) is 6.54 Å². The number of hydrogen-bond donors (Lipinski definition) is 2. The lowest BCUT2D eigenvalue weighted by molar-refractivity contribution is 0.0953. The number of hydrogen-bond acceptors (Lipinski definition) is 4. The van der Waals surface area contributed by atoms with Crippen LogP contribution in [0.5, 0.6) is 0 Å². The summed E-state index contributed by atoms with van der Waals surface area (Å²) in [4.78, 5) is 15.9. The molecule has 100 valence electrons. The molecule has 2 aromatic rings. The number of amides is 1. The van der Waals surface area contributed by atoms with E-state index in [4.69, 9.17) is 4.42 Å². The van der Waals surface area contributed by atoms with E-state index in [0.29, 0.717) is 18.7 Å². The third-order valence-electron chi connectivity index (χ3n) is 2.58. The van der Waals surface area contributed by atoms with E-state index >= 15 is 0 Å². The van der Waals surface area contributed by atoms with Gasteiger partial charge in [0.2, 0.25) is 0 Å². The molecule has 2 aromatic heterocycles. The zero-order valence-corrected chi connectivity index (χ0v) is 10.8.